The molecule has 1 rings (SSSR count). The summed E-state index contributed by atoms with van der Waals surface area (Å²) in [5.41, 5.74) is 1.51. The minimum atomic E-state index is 0.329. The van der Waals surface area contributed by atoms with Gasteiger partial charge in [-0.3, -0.25) is 0 Å². The van der Waals surface area contributed by atoms with E-state index in [0.29, 0.717) is 12.1 Å². The summed E-state index contributed by atoms with van der Waals surface area (Å²) in [5.74, 6) is 0. The molecule has 0 radical (unpaired) electrons. The minimum absolute atomic E-state index is 0.329. The van der Waals surface area contributed by atoms with Gasteiger partial charge >= 0.3 is 0 Å². The Kier molecular flexibility index (Phi) is 2.78. The van der Waals surface area contributed by atoms with Crippen LogP contribution < -0.4 is 0 Å². The van der Waals surface area contributed by atoms with Crippen LogP contribution in [0.5, 0.6) is 0 Å². The zero-order chi connectivity index (χ0) is 8.81. The second-order valence-electron chi connectivity index (χ2n) is 2.22. The molecule has 0 heterocycles. The number of isocyanates is 1. The molecule has 0 unspecified atom stereocenters. The van der Waals surface area contributed by atoms with Crippen molar-refractivity contribution in [1.82, 2.24) is 0 Å². The largest absolute Gasteiger partial charge is 0.235 e. The second-order valence-corrected chi connectivity index (χ2v) is 2.22. The van der Waals surface area contributed by atoms with Gasteiger partial charge in [0.05, 0.1) is 18.2 Å². The van der Waals surface area contributed by atoms with Gasteiger partial charge in [-0.15, -0.1) is 0 Å². The van der Waals surface area contributed by atoms with Crippen LogP contribution in [0.3, 0.4) is 0 Å². The molecule has 0 saturated carbocycles. The van der Waals surface area contributed by atoms with Gasteiger partial charge in [0.15, 0.2) is 0 Å². The first-order valence-electron chi connectivity index (χ1n) is 3.39. The molecule has 0 aliphatic carbocycles. The maximum atomic E-state index is 9.76. The number of hydrogen-bond donors (Lipinski definition) is 0. The SMILES string of the molecule is N#Cc1ccc(CN=C=O)cc1. The van der Waals surface area contributed by atoms with Gasteiger partial charge in [0.25, 0.3) is 0 Å². The van der Waals surface area contributed by atoms with E-state index >= 15 is 0 Å². The van der Waals surface area contributed by atoms with Crippen LogP contribution in [0.25, 0.3) is 0 Å². The van der Waals surface area contributed by atoms with Crippen LogP contribution in [0.2, 0.25) is 0 Å². The van der Waals surface area contributed by atoms with E-state index in [1.165, 1.54) is 6.08 Å². The Labute approximate surface area is 70.0 Å². The monoisotopic (exact) mass is 158 g/mol. The van der Waals surface area contributed by atoms with Crippen LogP contribution in [0.15, 0.2) is 29.3 Å². The molecule has 0 saturated heterocycles. The fourth-order valence-electron chi connectivity index (χ4n) is 0.808. The van der Waals surface area contributed by atoms with Crippen LogP contribution in [-0.4, -0.2) is 6.08 Å². The zero-order valence-corrected chi connectivity index (χ0v) is 6.32. The van der Waals surface area contributed by atoms with Gasteiger partial charge in [0.1, 0.15) is 0 Å². The summed E-state index contributed by atoms with van der Waals surface area (Å²) in [4.78, 5) is 13.2. The molecule has 0 aliphatic heterocycles. The maximum absolute atomic E-state index is 9.76. The molecule has 12 heavy (non-hydrogen) atoms. The number of nitrogens with zero attached hydrogens (tertiary/aromatic N) is 2. The van der Waals surface area contributed by atoms with Crippen LogP contribution in [0.1, 0.15) is 11.1 Å². The number of rotatable bonds is 2. The Balaban J connectivity index is 2.79. The maximum Gasteiger partial charge on any atom is 0.235 e. The van der Waals surface area contributed by atoms with Crippen LogP contribution in [0.4, 0.5) is 0 Å². The van der Waals surface area contributed by atoms with Gasteiger partial charge in [0.2, 0.25) is 6.08 Å². The molecule has 0 fully saturated rings. The molecule has 0 bridgehead atoms. The smallest absolute Gasteiger partial charge is 0.211 e. The lowest BCUT2D eigenvalue weighted by Gasteiger charge is -1.92. The highest BCUT2D eigenvalue weighted by Crippen LogP contribution is 2.03. The first-order chi connectivity index (χ1) is 5.86. The van der Waals surface area contributed by atoms with Gasteiger partial charge in [-0.1, -0.05) is 12.1 Å². The summed E-state index contributed by atoms with van der Waals surface area (Å²) < 4.78 is 0. The van der Waals surface area contributed by atoms with Crippen LogP contribution in [0, 0.1) is 11.3 Å². The summed E-state index contributed by atoms with van der Waals surface area (Å²) in [6, 6.07) is 8.91. The van der Waals surface area contributed by atoms with E-state index in [-0.39, 0.29) is 0 Å². The van der Waals surface area contributed by atoms with Crippen molar-refractivity contribution in [2.45, 2.75) is 6.54 Å². The van der Waals surface area contributed by atoms with E-state index in [0.717, 1.165) is 5.56 Å². The Hall–Kier alpha value is -1.91. The van der Waals surface area contributed by atoms with E-state index in [9.17, 15) is 4.79 Å². The highest BCUT2D eigenvalue weighted by molar-refractivity contribution is 5.35. The van der Waals surface area contributed by atoms with Crippen LogP contribution in [-0.2, 0) is 11.3 Å². The van der Waals surface area contributed by atoms with Gasteiger partial charge in [0, 0.05) is 0 Å². The standard InChI is InChI=1S/C9H6N2O/c10-5-8-1-3-9(4-2-8)6-11-7-12/h1-4H,6H2. The van der Waals surface area contributed by atoms with E-state index < -0.39 is 0 Å². The summed E-state index contributed by atoms with van der Waals surface area (Å²) in [6.07, 6.45) is 1.45. The lowest BCUT2D eigenvalue weighted by Crippen LogP contribution is -1.80. The first kappa shape index (κ1) is 8.19. The predicted molar refractivity (Wildman–Crippen MR) is 43.0 cm³/mol. The average Bonchev–Trinajstić information content (AvgIpc) is 2.15. The fraction of sp³-hybridized carbons (Fsp3) is 0.111. The second kappa shape index (κ2) is 4.07. The summed E-state index contributed by atoms with van der Waals surface area (Å²) >= 11 is 0. The molecular weight excluding hydrogens is 152 g/mol. The van der Waals surface area contributed by atoms with Gasteiger partial charge in [-0.05, 0) is 17.7 Å². The summed E-state index contributed by atoms with van der Waals surface area (Å²) in [5, 5.41) is 8.47. The van der Waals surface area contributed by atoms with E-state index in [4.69, 9.17) is 5.26 Å². The van der Waals surface area contributed by atoms with Crippen molar-refractivity contribution in [3.63, 3.8) is 0 Å². The molecule has 1 aromatic rings. The number of hydrogen-bond acceptors (Lipinski definition) is 3. The summed E-state index contributed by atoms with van der Waals surface area (Å²) in [7, 11) is 0. The predicted octanol–water partition coefficient (Wildman–Crippen LogP) is 1.39. The molecule has 0 N–H and O–H groups in total. The molecule has 58 valence electrons. The number of nitriles is 1. The molecule has 1 aromatic carbocycles. The fourth-order valence-corrected chi connectivity index (χ4v) is 0.808. The Morgan fingerprint density at radius 2 is 2.00 bits per heavy atom. The molecule has 0 atom stereocenters. The van der Waals surface area contributed by atoms with Crippen molar-refractivity contribution in [2.75, 3.05) is 0 Å². The van der Waals surface area contributed by atoms with Crippen molar-refractivity contribution in [3.8, 4) is 6.07 Å². The number of aliphatic imine (C=N–C) groups is 1. The average molecular weight is 158 g/mol. The van der Waals surface area contributed by atoms with E-state index in [1.807, 2.05) is 6.07 Å². The molecular formula is C9H6N2O. The zero-order valence-electron chi connectivity index (χ0n) is 6.32. The normalized spacial score (nSPS) is 8.25. The van der Waals surface area contributed by atoms with Gasteiger partial charge in [-0.2, -0.15) is 5.26 Å². The van der Waals surface area contributed by atoms with Crippen molar-refractivity contribution >= 4 is 6.08 Å². The molecule has 3 heteroatoms. The number of benzene rings is 1. The third kappa shape index (κ3) is 2.05. The van der Waals surface area contributed by atoms with Gasteiger partial charge < -0.3 is 0 Å². The molecule has 0 amide bonds. The van der Waals surface area contributed by atoms with Crippen molar-refractivity contribution in [1.29, 1.82) is 5.26 Å². The van der Waals surface area contributed by atoms with Crippen molar-refractivity contribution in [2.24, 2.45) is 4.99 Å². The van der Waals surface area contributed by atoms with Crippen molar-refractivity contribution < 1.29 is 4.79 Å². The lowest BCUT2D eigenvalue weighted by atomic mass is 10.1. The highest BCUT2D eigenvalue weighted by Gasteiger charge is 1.91. The molecule has 3 nitrogen and oxygen atoms in total. The molecule has 0 aliphatic rings. The van der Waals surface area contributed by atoms with E-state index in [1.54, 1.807) is 24.3 Å². The first-order valence-corrected chi connectivity index (χ1v) is 3.39. The lowest BCUT2D eigenvalue weighted by molar-refractivity contribution is 0.563. The molecule has 0 aromatic heterocycles. The summed E-state index contributed by atoms with van der Waals surface area (Å²) in [6.45, 7) is 0.329. The highest BCUT2D eigenvalue weighted by atomic mass is 16.1. The molecule has 0 spiro atoms. The number of carbonyl (C=O) groups excluding carboxylic acids is 1. The third-order valence-electron chi connectivity index (χ3n) is 1.41. The third-order valence-corrected chi connectivity index (χ3v) is 1.41. The Bertz CT molecular complexity index is 342. The Morgan fingerprint density at radius 1 is 1.33 bits per heavy atom. The minimum Gasteiger partial charge on any atom is -0.211 e. The van der Waals surface area contributed by atoms with Crippen LogP contribution >= 0.6 is 0 Å². The van der Waals surface area contributed by atoms with Crippen molar-refractivity contribution in [3.05, 3.63) is 35.4 Å². The quantitative estimate of drug-likeness (QED) is 0.482. The van der Waals surface area contributed by atoms with E-state index in [2.05, 4.69) is 4.99 Å². The topological polar surface area (TPSA) is 53.2 Å². The Morgan fingerprint density at radius 3 is 2.50 bits per heavy atom. The van der Waals surface area contributed by atoms with Gasteiger partial charge in [-0.25, -0.2) is 9.79 Å².